The molecule has 0 aliphatic carbocycles. The SMILES string of the molecule is C/C1=C\C=C\[C@@H](C)[C@@]2(O)C[C@H](OC(=O)N2)[C@@H](C)[C@@H]2O[C@]2(C)[C@@H](OC(=O)NCCC[Si](C)(C)O)CC(=O)N(C)c2cc(cc(C)c2Cl)C1. The summed E-state index contributed by atoms with van der Waals surface area (Å²) in [6.07, 6.45) is 3.06. The minimum atomic E-state index is -2.27. The lowest BCUT2D eigenvalue weighted by Gasteiger charge is -2.41. The molecule has 3 aliphatic heterocycles. The first-order valence-corrected chi connectivity index (χ1v) is 19.8. The third-order valence-electron chi connectivity index (χ3n) is 9.57. The van der Waals surface area contributed by atoms with Crippen LogP contribution in [0.5, 0.6) is 0 Å². The van der Waals surface area contributed by atoms with Crippen molar-refractivity contribution in [2.24, 2.45) is 11.8 Å². The monoisotopic (exact) mass is 691 g/mol. The van der Waals surface area contributed by atoms with Gasteiger partial charge >= 0.3 is 12.2 Å². The van der Waals surface area contributed by atoms with Crippen LogP contribution in [0.15, 0.2) is 35.9 Å². The fraction of sp³-hybridized carbons (Fsp3) is 0.618. The van der Waals surface area contributed by atoms with Crippen LogP contribution in [0.3, 0.4) is 0 Å². The molecule has 0 radical (unpaired) electrons. The summed E-state index contributed by atoms with van der Waals surface area (Å²) in [6, 6.07) is 4.49. The first-order chi connectivity index (χ1) is 21.8. The van der Waals surface area contributed by atoms with E-state index in [2.05, 4.69) is 10.6 Å². The van der Waals surface area contributed by atoms with Crippen LogP contribution >= 0.6 is 11.6 Å². The lowest BCUT2D eigenvalue weighted by Crippen LogP contribution is -2.60. The summed E-state index contributed by atoms with van der Waals surface area (Å²) in [6.45, 7) is 13.3. The van der Waals surface area contributed by atoms with Gasteiger partial charge in [-0.15, -0.1) is 0 Å². The van der Waals surface area contributed by atoms with E-state index in [9.17, 15) is 24.3 Å². The van der Waals surface area contributed by atoms with Gasteiger partial charge in [0.15, 0.2) is 8.32 Å². The number of nitrogens with one attached hydrogen (secondary N) is 2. The first kappa shape index (κ1) is 36.9. The molecule has 0 saturated carbocycles. The molecule has 1 aromatic rings. The van der Waals surface area contributed by atoms with Gasteiger partial charge in [-0.3, -0.25) is 10.1 Å². The maximum atomic E-state index is 13.9. The van der Waals surface area contributed by atoms with Gasteiger partial charge < -0.3 is 34.3 Å². The molecule has 260 valence electrons. The average Bonchev–Trinajstić information content (AvgIpc) is 3.66. The summed E-state index contributed by atoms with van der Waals surface area (Å²) < 4.78 is 17.7. The van der Waals surface area contributed by atoms with Crippen LogP contribution in [-0.4, -0.2) is 79.5 Å². The number of hydrogen-bond donors (Lipinski definition) is 4. The Morgan fingerprint density at radius 2 is 1.96 bits per heavy atom. The maximum absolute atomic E-state index is 13.9. The third kappa shape index (κ3) is 8.97. The molecule has 11 nitrogen and oxygen atoms in total. The average molecular weight is 692 g/mol. The molecule has 13 heteroatoms. The number of carbonyl (C=O) groups excluding carboxylic acids is 3. The number of fused-ring (bicyclic) bond motifs is 5. The highest BCUT2D eigenvalue weighted by Gasteiger charge is 2.64. The predicted molar refractivity (Wildman–Crippen MR) is 183 cm³/mol. The number of benzene rings is 1. The second-order valence-corrected chi connectivity index (χ2v) is 18.8. The predicted octanol–water partition coefficient (Wildman–Crippen LogP) is 5.36. The molecule has 3 heterocycles. The van der Waals surface area contributed by atoms with Crippen molar-refractivity contribution in [1.29, 1.82) is 0 Å². The molecule has 3 aliphatic rings. The number of halogens is 1. The van der Waals surface area contributed by atoms with Crippen LogP contribution < -0.4 is 15.5 Å². The number of nitrogens with zero attached hydrogens (tertiary/aromatic N) is 1. The molecule has 2 fully saturated rings. The van der Waals surface area contributed by atoms with Crippen LogP contribution in [0, 0.1) is 18.8 Å². The highest BCUT2D eigenvalue weighted by Crippen LogP contribution is 2.49. The first-order valence-electron chi connectivity index (χ1n) is 16.3. The number of epoxide rings is 1. The van der Waals surface area contributed by atoms with Crippen LogP contribution in [0.4, 0.5) is 15.3 Å². The van der Waals surface area contributed by atoms with Crippen molar-refractivity contribution >= 4 is 43.7 Å². The zero-order valence-corrected chi connectivity index (χ0v) is 30.4. The Morgan fingerprint density at radius 1 is 1.26 bits per heavy atom. The standard InChI is InChI=1S/C34H50ClN3O8Si/c1-20-11-9-12-22(3)34(42)19-26(44-32(41)37-34)23(4)30-33(5,46-30)27(45-31(40)36-13-10-14-47(7,8)43)18-28(39)38(6)25-17-24(15-20)16-21(2)29(25)35/h9,11-12,16-17,22-23,26-27,30,42-43H,10,13-15,18-19H2,1-8H3,(H,36,40)(H,37,41)/b12-9+,20-11+/t22-,23-,26+,27+,30+,33-,34+/m1/s1. The van der Waals surface area contributed by atoms with Gasteiger partial charge in [0, 0.05) is 31.8 Å². The number of ether oxygens (including phenoxy) is 3. The normalized spacial score (nSPS) is 33.5. The van der Waals surface area contributed by atoms with Gasteiger partial charge in [0.1, 0.15) is 23.5 Å². The number of carbonyl (C=O) groups is 3. The summed E-state index contributed by atoms with van der Waals surface area (Å²) in [4.78, 5) is 51.2. The van der Waals surface area contributed by atoms with E-state index < -0.39 is 62.0 Å². The number of alkyl carbamates (subject to hydrolysis) is 2. The highest BCUT2D eigenvalue weighted by molar-refractivity contribution is 6.69. The van der Waals surface area contributed by atoms with Gasteiger partial charge in [-0.25, -0.2) is 9.59 Å². The van der Waals surface area contributed by atoms with Crippen molar-refractivity contribution in [3.8, 4) is 0 Å². The molecule has 0 aromatic heterocycles. The van der Waals surface area contributed by atoms with Crippen molar-refractivity contribution < 1.29 is 38.5 Å². The number of rotatable bonds is 5. The zero-order valence-electron chi connectivity index (χ0n) is 28.7. The molecule has 0 unspecified atom stereocenters. The van der Waals surface area contributed by atoms with E-state index in [1.807, 2.05) is 71.1 Å². The van der Waals surface area contributed by atoms with E-state index in [4.69, 9.17) is 25.8 Å². The molecule has 4 bridgehead atoms. The molecule has 3 amide bonds. The minimum absolute atomic E-state index is 0.103. The molecule has 4 N–H and O–H groups in total. The van der Waals surface area contributed by atoms with Gasteiger partial charge in [-0.05, 0) is 69.9 Å². The van der Waals surface area contributed by atoms with Crippen LogP contribution in [0.2, 0.25) is 24.2 Å². The third-order valence-corrected chi connectivity index (χ3v) is 11.6. The van der Waals surface area contributed by atoms with Gasteiger partial charge in [-0.1, -0.05) is 55.3 Å². The number of aryl methyl sites for hydroxylation is 1. The van der Waals surface area contributed by atoms with E-state index in [1.54, 1.807) is 14.0 Å². The second-order valence-electron chi connectivity index (χ2n) is 14.3. The van der Waals surface area contributed by atoms with Crippen molar-refractivity contribution in [2.45, 2.75) is 109 Å². The highest BCUT2D eigenvalue weighted by atomic mass is 35.5. The summed E-state index contributed by atoms with van der Waals surface area (Å²) >= 11 is 6.73. The maximum Gasteiger partial charge on any atom is 0.409 e. The Bertz CT molecular complexity index is 1430. The number of aliphatic hydroxyl groups is 1. The van der Waals surface area contributed by atoms with Crippen molar-refractivity contribution in [3.05, 3.63) is 52.1 Å². The van der Waals surface area contributed by atoms with Crippen molar-refractivity contribution in [2.75, 3.05) is 18.5 Å². The lowest BCUT2D eigenvalue weighted by atomic mass is 9.82. The van der Waals surface area contributed by atoms with E-state index in [-0.39, 0.29) is 18.7 Å². The van der Waals surface area contributed by atoms with Crippen LogP contribution in [-0.2, 0) is 25.4 Å². The Kier molecular flexibility index (Phi) is 11.2. The van der Waals surface area contributed by atoms with Crippen molar-refractivity contribution in [1.82, 2.24) is 10.6 Å². The largest absolute Gasteiger partial charge is 0.446 e. The van der Waals surface area contributed by atoms with Crippen molar-refractivity contribution in [3.63, 3.8) is 0 Å². The Balaban J connectivity index is 1.68. The Hall–Kier alpha value is -2.90. The molecule has 7 atom stereocenters. The van der Waals surface area contributed by atoms with E-state index in [0.29, 0.717) is 36.1 Å². The molecule has 47 heavy (non-hydrogen) atoms. The zero-order chi connectivity index (χ0) is 34.9. The summed E-state index contributed by atoms with van der Waals surface area (Å²) in [7, 11) is -0.624. The Labute approximate surface area is 283 Å². The van der Waals surface area contributed by atoms with E-state index in [0.717, 1.165) is 16.7 Å². The van der Waals surface area contributed by atoms with E-state index >= 15 is 0 Å². The molecular formula is C34H50ClN3O8Si. The molecule has 1 aromatic carbocycles. The van der Waals surface area contributed by atoms with E-state index in [1.165, 1.54) is 4.90 Å². The fourth-order valence-corrected chi connectivity index (χ4v) is 7.71. The Morgan fingerprint density at radius 3 is 2.64 bits per heavy atom. The molecular weight excluding hydrogens is 642 g/mol. The van der Waals surface area contributed by atoms with Gasteiger partial charge in [0.25, 0.3) is 0 Å². The number of hydrogen-bond acceptors (Lipinski definition) is 8. The molecule has 4 rings (SSSR count). The molecule has 2 saturated heterocycles. The summed E-state index contributed by atoms with van der Waals surface area (Å²) in [5.41, 5.74) is 0.710. The van der Waals surface area contributed by atoms with Crippen LogP contribution in [0.1, 0.15) is 58.1 Å². The summed E-state index contributed by atoms with van der Waals surface area (Å²) in [5.74, 6) is -1.19. The van der Waals surface area contributed by atoms with Gasteiger partial charge in [-0.2, -0.15) is 0 Å². The minimum Gasteiger partial charge on any atom is -0.446 e. The number of amides is 3. The lowest BCUT2D eigenvalue weighted by molar-refractivity contribution is -0.121. The van der Waals surface area contributed by atoms with Crippen LogP contribution in [0.25, 0.3) is 0 Å². The smallest absolute Gasteiger partial charge is 0.409 e. The number of allylic oxidation sites excluding steroid dienone is 3. The fourth-order valence-electron chi connectivity index (χ4n) is 6.43. The second kappa shape index (κ2) is 14.3. The summed E-state index contributed by atoms with van der Waals surface area (Å²) in [5, 5.41) is 17.4. The number of anilines is 1. The van der Waals surface area contributed by atoms with Gasteiger partial charge in [0.05, 0.1) is 23.2 Å². The topological polar surface area (TPSA) is 150 Å². The quantitative estimate of drug-likeness (QED) is 0.183. The molecule has 0 spiro atoms. The van der Waals surface area contributed by atoms with Gasteiger partial charge in [0.2, 0.25) is 5.91 Å².